The Morgan fingerprint density at radius 3 is 2.20 bits per heavy atom. The highest BCUT2D eigenvalue weighted by atomic mass is 16.9. The van der Waals surface area contributed by atoms with Crippen molar-refractivity contribution >= 4 is 0 Å². The second-order valence-corrected chi connectivity index (χ2v) is 8.19. The van der Waals surface area contributed by atoms with Crippen LogP contribution in [-0.2, 0) is 16.1 Å². The largest absolute Gasteiger partial charge is 0.487 e. The second-order valence-electron chi connectivity index (χ2n) is 8.19. The Hall–Kier alpha value is -2.69. The summed E-state index contributed by atoms with van der Waals surface area (Å²) in [4.78, 5) is 4.31. The van der Waals surface area contributed by atoms with Crippen LogP contribution >= 0.6 is 0 Å². The van der Waals surface area contributed by atoms with Gasteiger partial charge >= 0.3 is 0 Å². The molecule has 154 valence electrons. The Balaban J connectivity index is 1.30. The first-order chi connectivity index (χ1) is 14.8. The van der Waals surface area contributed by atoms with Gasteiger partial charge in [0.1, 0.15) is 12.4 Å². The number of aromatic nitrogens is 1. The van der Waals surface area contributed by atoms with E-state index in [0.29, 0.717) is 18.4 Å². The molecule has 2 aromatic carbocycles. The molecule has 0 bridgehead atoms. The van der Waals surface area contributed by atoms with E-state index < -0.39 is 0 Å². The monoisotopic (exact) mass is 401 g/mol. The fraction of sp³-hybridized carbons (Fsp3) is 0.346. The Labute approximate surface area is 177 Å². The van der Waals surface area contributed by atoms with Gasteiger partial charge in [-0.3, -0.25) is 4.98 Å². The molecule has 1 aliphatic carbocycles. The minimum absolute atomic E-state index is 0.101. The lowest BCUT2D eigenvalue weighted by Gasteiger charge is -2.36. The quantitative estimate of drug-likeness (QED) is 0.488. The Kier molecular flexibility index (Phi) is 5.52. The summed E-state index contributed by atoms with van der Waals surface area (Å²) in [6, 6.07) is 23.2. The van der Waals surface area contributed by atoms with Crippen LogP contribution in [0.3, 0.4) is 0 Å². The first-order valence-electron chi connectivity index (χ1n) is 10.8. The number of nitrogens with zero attached hydrogens (tertiary/aromatic N) is 1. The van der Waals surface area contributed by atoms with Crippen molar-refractivity contribution in [3.63, 3.8) is 0 Å². The normalized spacial score (nSPS) is 22.0. The average Bonchev–Trinajstić information content (AvgIpc) is 2.74. The van der Waals surface area contributed by atoms with E-state index >= 15 is 0 Å². The predicted molar refractivity (Wildman–Crippen MR) is 115 cm³/mol. The van der Waals surface area contributed by atoms with Gasteiger partial charge in [-0.1, -0.05) is 48.9 Å². The van der Waals surface area contributed by atoms with Gasteiger partial charge in [-0.05, 0) is 61.1 Å². The van der Waals surface area contributed by atoms with Crippen LogP contribution in [0.4, 0.5) is 0 Å². The molecule has 2 fully saturated rings. The van der Waals surface area contributed by atoms with E-state index in [1.54, 1.807) is 6.20 Å². The lowest BCUT2D eigenvalue weighted by molar-refractivity contribution is -0.382. The molecule has 2 heterocycles. The van der Waals surface area contributed by atoms with Gasteiger partial charge in [-0.25, -0.2) is 0 Å². The van der Waals surface area contributed by atoms with Gasteiger partial charge in [0, 0.05) is 17.7 Å². The molecule has 3 aromatic rings. The first-order valence-corrected chi connectivity index (χ1v) is 10.8. The van der Waals surface area contributed by atoms with E-state index in [4.69, 9.17) is 14.2 Å². The molecular formula is C26H27NO3. The maximum Gasteiger partial charge on any atom is 0.189 e. The number of pyridine rings is 1. The van der Waals surface area contributed by atoms with Gasteiger partial charge in [0.25, 0.3) is 0 Å². The Morgan fingerprint density at radius 1 is 0.933 bits per heavy atom. The van der Waals surface area contributed by atoms with Crippen LogP contribution in [0.15, 0.2) is 72.9 Å². The summed E-state index contributed by atoms with van der Waals surface area (Å²) in [6.07, 6.45) is 5.38. The van der Waals surface area contributed by atoms with Crippen LogP contribution in [0.1, 0.15) is 60.8 Å². The molecule has 1 saturated carbocycles. The van der Waals surface area contributed by atoms with Crippen molar-refractivity contribution < 1.29 is 14.2 Å². The van der Waals surface area contributed by atoms with Gasteiger partial charge in [-0.2, -0.15) is 0 Å². The smallest absolute Gasteiger partial charge is 0.189 e. The zero-order valence-electron chi connectivity index (χ0n) is 17.2. The molecule has 0 N–H and O–H groups in total. The minimum atomic E-state index is -0.216. The number of rotatable bonds is 7. The van der Waals surface area contributed by atoms with Crippen molar-refractivity contribution in [2.45, 2.75) is 51.3 Å². The van der Waals surface area contributed by atoms with Crippen LogP contribution in [0.2, 0.25) is 0 Å². The highest BCUT2D eigenvalue weighted by Gasteiger charge is 2.31. The molecule has 1 aliphatic heterocycles. The molecule has 2 aliphatic rings. The maximum absolute atomic E-state index is 5.91. The van der Waals surface area contributed by atoms with Crippen molar-refractivity contribution in [3.8, 4) is 5.75 Å². The number of hydrogen-bond donors (Lipinski definition) is 0. The topological polar surface area (TPSA) is 40.6 Å². The maximum atomic E-state index is 5.91. The first kappa shape index (κ1) is 19.3. The predicted octanol–water partition coefficient (Wildman–Crippen LogP) is 5.98. The number of benzene rings is 2. The van der Waals surface area contributed by atoms with E-state index in [-0.39, 0.29) is 12.6 Å². The van der Waals surface area contributed by atoms with E-state index in [1.807, 2.05) is 25.1 Å². The van der Waals surface area contributed by atoms with E-state index in [0.717, 1.165) is 17.0 Å². The number of hydrogen-bond acceptors (Lipinski definition) is 4. The summed E-state index contributed by atoms with van der Waals surface area (Å²) in [5.74, 6) is 1.99. The van der Waals surface area contributed by atoms with Crippen LogP contribution in [0, 0.1) is 5.92 Å². The molecular weight excluding hydrogens is 374 g/mol. The van der Waals surface area contributed by atoms with E-state index in [9.17, 15) is 0 Å². The molecule has 4 heteroatoms. The summed E-state index contributed by atoms with van der Waals surface area (Å²) >= 11 is 0. The molecule has 1 atom stereocenters. The molecule has 30 heavy (non-hydrogen) atoms. The highest BCUT2D eigenvalue weighted by molar-refractivity contribution is 5.38. The fourth-order valence-electron chi connectivity index (χ4n) is 4.30. The summed E-state index contributed by atoms with van der Waals surface area (Å²) in [6.45, 7) is 2.40. The molecule has 1 saturated heterocycles. The van der Waals surface area contributed by atoms with Crippen molar-refractivity contribution in [1.82, 2.24) is 4.98 Å². The van der Waals surface area contributed by atoms with Gasteiger partial charge < -0.3 is 14.2 Å². The lowest BCUT2D eigenvalue weighted by atomic mass is 9.70. The van der Waals surface area contributed by atoms with Gasteiger partial charge in [0.2, 0.25) is 0 Å². The van der Waals surface area contributed by atoms with E-state index in [1.165, 1.54) is 30.4 Å². The average molecular weight is 402 g/mol. The van der Waals surface area contributed by atoms with Crippen LogP contribution < -0.4 is 4.74 Å². The van der Waals surface area contributed by atoms with Crippen molar-refractivity contribution in [3.05, 3.63) is 95.3 Å². The van der Waals surface area contributed by atoms with Crippen molar-refractivity contribution in [2.75, 3.05) is 0 Å². The zero-order valence-corrected chi connectivity index (χ0v) is 17.2. The molecule has 5 rings (SSSR count). The standard InChI is InChI=1S/C26H27NO3/c1-18-29-26(30-18)22-10-8-20(9-11-22)25(19-5-4-6-19)21-12-14-24(15-13-21)28-17-23-7-2-3-16-27-23/h2-3,7-16,18-19,25-26H,4-6,17H2,1H3. The third-order valence-electron chi connectivity index (χ3n) is 6.17. The number of ether oxygens (including phenoxy) is 3. The third kappa shape index (κ3) is 4.11. The Morgan fingerprint density at radius 2 is 1.63 bits per heavy atom. The van der Waals surface area contributed by atoms with Gasteiger partial charge in [0.15, 0.2) is 12.6 Å². The Bertz CT molecular complexity index is 946. The third-order valence-corrected chi connectivity index (χ3v) is 6.17. The van der Waals surface area contributed by atoms with Gasteiger partial charge in [0.05, 0.1) is 5.69 Å². The molecule has 1 unspecified atom stereocenters. The SMILES string of the molecule is CC1OC(c2ccc(C(c3ccc(OCc4ccccn4)cc3)C3CCC3)cc2)O1. The highest BCUT2D eigenvalue weighted by Crippen LogP contribution is 2.44. The molecule has 0 amide bonds. The van der Waals surface area contributed by atoms with Gasteiger partial charge in [-0.15, -0.1) is 0 Å². The van der Waals surface area contributed by atoms with Crippen LogP contribution in [-0.4, -0.2) is 11.3 Å². The van der Waals surface area contributed by atoms with Crippen molar-refractivity contribution in [1.29, 1.82) is 0 Å². The summed E-state index contributed by atoms with van der Waals surface area (Å²) < 4.78 is 17.1. The lowest BCUT2D eigenvalue weighted by Crippen LogP contribution is -2.31. The van der Waals surface area contributed by atoms with E-state index in [2.05, 4.69) is 53.5 Å². The summed E-state index contributed by atoms with van der Waals surface area (Å²) in [5, 5.41) is 0. The minimum Gasteiger partial charge on any atom is -0.487 e. The molecule has 0 spiro atoms. The van der Waals surface area contributed by atoms with Crippen molar-refractivity contribution in [2.24, 2.45) is 5.92 Å². The molecule has 1 aromatic heterocycles. The summed E-state index contributed by atoms with van der Waals surface area (Å²) in [5.41, 5.74) is 4.73. The molecule has 0 radical (unpaired) electrons. The van der Waals surface area contributed by atoms with Crippen LogP contribution in [0.25, 0.3) is 0 Å². The fourth-order valence-corrected chi connectivity index (χ4v) is 4.30. The second kappa shape index (κ2) is 8.58. The summed E-state index contributed by atoms with van der Waals surface area (Å²) in [7, 11) is 0. The zero-order chi connectivity index (χ0) is 20.3. The van der Waals surface area contributed by atoms with Crippen LogP contribution in [0.5, 0.6) is 5.75 Å². The molecule has 4 nitrogen and oxygen atoms in total.